The minimum absolute atomic E-state index is 0.156. The average Bonchev–Trinajstić information content (AvgIpc) is 3.14. The van der Waals surface area contributed by atoms with E-state index in [0.717, 1.165) is 18.0 Å². The van der Waals surface area contributed by atoms with Crippen LogP contribution in [-0.4, -0.2) is 6.54 Å². The van der Waals surface area contributed by atoms with Crippen molar-refractivity contribution >= 4 is 0 Å². The summed E-state index contributed by atoms with van der Waals surface area (Å²) in [5.41, 5.74) is 2.41. The normalized spacial score (nSPS) is 16.8. The summed E-state index contributed by atoms with van der Waals surface area (Å²) < 4.78 is 0. The van der Waals surface area contributed by atoms with Crippen LogP contribution in [0.1, 0.15) is 49.8 Å². The molecule has 90 valence electrons. The Morgan fingerprint density at radius 2 is 1.82 bits per heavy atom. The lowest BCUT2D eigenvalue weighted by Gasteiger charge is -2.13. The van der Waals surface area contributed by atoms with Crippen LogP contribution in [-0.2, 0) is 0 Å². The monoisotopic (exact) mass is 228 g/mol. The Morgan fingerprint density at radius 1 is 1.24 bits per heavy atom. The van der Waals surface area contributed by atoms with Gasteiger partial charge in [-0.05, 0) is 42.3 Å². The molecule has 1 saturated carbocycles. The van der Waals surface area contributed by atoms with Crippen LogP contribution in [0.3, 0.4) is 0 Å². The maximum Gasteiger partial charge on any atom is 0.121 e. The van der Waals surface area contributed by atoms with Crippen LogP contribution in [0.25, 0.3) is 0 Å². The van der Waals surface area contributed by atoms with E-state index in [0.29, 0.717) is 5.92 Å². The van der Waals surface area contributed by atoms with E-state index in [1.54, 1.807) is 0 Å². The van der Waals surface area contributed by atoms with E-state index in [4.69, 9.17) is 0 Å². The highest BCUT2D eigenvalue weighted by Gasteiger charge is 2.22. The van der Waals surface area contributed by atoms with Crippen LogP contribution < -0.4 is 5.32 Å². The van der Waals surface area contributed by atoms with Crippen molar-refractivity contribution in [3.63, 3.8) is 0 Å². The summed E-state index contributed by atoms with van der Waals surface area (Å²) in [6, 6.07) is 10.6. The lowest BCUT2D eigenvalue weighted by Crippen LogP contribution is -2.22. The molecule has 2 heteroatoms. The first-order valence-corrected chi connectivity index (χ1v) is 6.43. The molecule has 1 aromatic rings. The molecule has 1 unspecified atom stereocenters. The van der Waals surface area contributed by atoms with Crippen molar-refractivity contribution in [1.82, 2.24) is 5.32 Å². The van der Waals surface area contributed by atoms with E-state index in [-0.39, 0.29) is 6.04 Å². The molecule has 1 fully saturated rings. The molecule has 0 radical (unpaired) electrons. The summed E-state index contributed by atoms with van der Waals surface area (Å²) >= 11 is 0. The van der Waals surface area contributed by atoms with Gasteiger partial charge in [-0.15, -0.1) is 0 Å². The Morgan fingerprint density at radius 3 is 2.29 bits per heavy atom. The Bertz CT molecular complexity index is 396. The number of hydrogen-bond donors (Lipinski definition) is 1. The van der Waals surface area contributed by atoms with Gasteiger partial charge < -0.3 is 0 Å². The van der Waals surface area contributed by atoms with Gasteiger partial charge in [0.2, 0.25) is 0 Å². The predicted octanol–water partition coefficient (Wildman–Crippen LogP) is 3.37. The van der Waals surface area contributed by atoms with E-state index < -0.39 is 0 Å². The van der Waals surface area contributed by atoms with E-state index in [1.165, 1.54) is 18.4 Å². The van der Waals surface area contributed by atoms with E-state index in [9.17, 15) is 5.26 Å². The van der Waals surface area contributed by atoms with Crippen LogP contribution in [0, 0.1) is 17.2 Å². The Hall–Kier alpha value is -1.33. The Labute approximate surface area is 104 Å². The molecule has 0 heterocycles. The van der Waals surface area contributed by atoms with Gasteiger partial charge in [-0.1, -0.05) is 38.1 Å². The third kappa shape index (κ3) is 3.31. The summed E-state index contributed by atoms with van der Waals surface area (Å²) in [7, 11) is 0. The van der Waals surface area contributed by atoms with Gasteiger partial charge in [-0.25, -0.2) is 0 Å². The van der Waals surface area contributed by atoms with Crippen LogP contribution in [0.5, 0.6) is 0 Å². The van der Waals surface area contributed by atoms with Crippen molar-refractivity contribution in [3.05, 3.63) is 35.4 Å². The van der Waals surface area contributed by atoms with Crippen molar-refractivity contribution in [2.24, 2.45) is 5.92 Å². The zero-order valence-electron chi connectivity index (χ0n) is 10.6. The first-order chi connectivity index (χ1) is 8.20. The summed E-state index contributed by atoms with van der Waals surface area (Å²) in [4.78, 5) is 0. The molecule has 2 rings (SSSR count). The maximum absolute atomic E-state index is 9.18. The smallest absolute Gasteiger partial charge is 0.121 e. The highest BCUT2D eigenvalue weighted by molar-refractivity contribution is 5.29. The molecule has 1 aliphatic carbocycles. The van der Waals surface area contributed by atoms with Gasteiger partial charge in [-0.3, -0.25) is 5.32 Å². The zero-order chi connectivity index (χ0) is 12.3. The van der Waals surface area contributed by atoms with Gasteiger partial charge in [0.15, 0.2) is 0 Å². The summed E-state index contributed by atoms with van der Waals surface area (Å²) in [5.74, 6) is 1.35. The van der Waals surface area contributed by atoms with Crippen molar-refractivity contribution in [2.75, 3.05) is 6.54 Å². The molecule has 0 aliphatic heterocycles. The lowest BCUT2D eigenvalue weighted by atomic mass is 9.99. The first-order valence-electron chi connectivity index (χ1n) is 6.43. The molecule has 2 nitrogen and oxygen atoms in total. The minimum atomic E-state index is -0.156. The van der Waals surface area contributed by atoms with Gasteiger partial charge in [0.05, 0.1) is 6.07 Å². The molecule has 1 aliphatic rings. The molecule has 0 spiro atoms. The second-order valence-electron chi connectivity index (χ2n) is 5.24. The van der Waals surface area contributed by atoms with Crippen molar-refractivity contribution in [1.29, 1.82) is 5.26 Å². The highest BCUT2D eigenvalue weighted by atomic mass is 14.9. The average molecular weight is 228 g/mol. The third-order valence-corrected chi connectivity index (χ3v) is 3.37. The second-order valence-corrected chi connectivity index (χ2v) is 5.24. The molecule has 0 saturated heterocycles. The van der Waals surface area contributed by atoms with Crippen LogP contribution in [0.15, 0.2) is 24.3 Å². The largest absolute Gasteiger partial charge is 0.298 e. The molecule has 1 atom stereocenters. The van der Waals surface area contributed by atoms with Gasteiger partial charge in [0.25, 0.3) is 0 Å². The molecule has 0 aromatic heterocycles. The molecular weight excluding hydrogens is 208 g/mol. The fourth-order valence-electron chi connectivity index (χ4n) is 1.92. The fourth-order valence-corrected chi connectivity index (χ4v) is 1.92. The van der Waals surface area contributed by atoms with E-state index >= 15 is 0 Å². The van der Waals surface area contributed by atoms with Gasteiger partial charge in [0, 0.05) is 0 Å². The van der Waals surface area contributed by atoms with Gasteiger partial charge in [0.1, 0.15) is 6.04 Å². The number of nitrogens with one attached hydrogen (secondary N) is 1. The highest BCUT2D eigenvalue weighted by Crippen LogP contribution is 2.28. The van der Waals surface area contributed by atoms with Crippen LogP contribution in [0.2, 0.25) is 0 Å². The Kier molecular flexibility index (Phi) is 3.81. The SMILES string of the molecule is CC(C)c1ccc(C(C#N)NCC2CC2)cc1. The predicted molar refractivity (Wildman–Crippen MR) is 69.6 cm³/mol. The van der Waals surface area contributed by atoms with Gasteiger partial charge >= 0.3 is 0 Å². The van der Waals surface area contributed by atoms with Crippen molar-refractivity contribution in [2.45, 2.75) is 38.6 Å². The molecule has 0 bridgehead atoms. The Balaban J connectivity index is 2.00. The van der Waals surface area contributed by atoms with Gasteiger partial charge in [-0.2, -0.15) is 5.26 Å². The van der Waals surface area contributed by atoms with Crippen LogP contribution >= 0.6 is 0 Å². The standard InChI is InChI=1S/C15H20N2/c1-11(2)13-5-7-14(8-6-13)15(9-16)17-10-12-3-4-12/h5-8,11-12,15,17H,3-4,10H2,1-2H3. The third-order valence-electron chi connectivity index (χ3n) is 3.37. The first kappa shape index (κ1) is 12.1. The zero-order valence-corrected chi connectivity index (χ0v) is 10.6. The number of nitriles is 1. The number of rotatable bonds is 5. The topological polar surface area (TPSA) is 35.8 Å². The van der Waals surface area contributed by atoms with Crippen molar-refractivity contribution in [3.8, 4) is 6.07 Å². The molecule has 17 heavy (non-hydrogen) atoms. The molecule has 1 N–H and O–H groups in total. The maximum atomic E-state index is 9.18. The second kappa shape index (κ2) is 5.33. The summed E-state index contributed by atoms with van der Waals surface area (Å²) in [6.45, 7) is 5.34. The fraction of sp³-hybridized carbons (Fsp3) is 0.533. The van der Waals surface area contributed by atoms with E-state index in [2.05, 4.69) is 49.5 Å². The molecule has 1 aromatic carbocycles. The van der Waals surface area contributed by atoms with Crippen molar-refractivity contribution < 1.29 is 0 Å². The van der Waals surface area contributed by atoms with E-state index in [1.807, 2.05) is 0 Å². The quantitative estimate of drug-likeness (QED) is 0.838. The molecule has 0 amide bonds. The number of benzene rings is 1. The number of hydrogen-bond acceptors (Lipinski definition) is 2. The number of nitrogens with zero attached hydrogens (tertiary/aromatic N) is 1. The summed E-state index contributed by atoms with van der Waals surface area (Å²) in [6.07, 6.45) is 2.63. The molecular formula is C15H20N2. The summed E-state index contributed by atoms with van der Waals surface area (Å²) in [5, 5.41) is 12.5. The lowest BCUT2D eigenvalue weighted by molar-refractivity contribution is 0.592. The minimum Gasteiger partial charge on any atom is -0.298 e. The van der Waals surface area contributed by atoms with Crippen LogP contribution in [0.4, 0.5) is 0 Å².